The van der Waals surface area contributed by atoms with E-state index < -0.39 is 6.10 Å². The van der Waals surface area contributed by atoms with Gasteiger partial charge in [-0.2, -0.15) is 0 Å². The molecule has 3 nitrogen and oxygen atoms in total. The monoisotopic (exact) mass is 140 g/mol. The fourth-order valence-electron chi connectivity index (χ4n) is 0.670. The predicted molar refractivity (Wildman–Crippen MR) is 36.2 cm³/mol. The van der Waals surface area contributed by atoms with E-state index in [4.69, 9.17) is 10.2 Å². The van der Waals surface area contributed by atoms with Crippen LogP contribution in [0.1, 0.15) is 18.8 Å². The van der Waals surface area contributed by atoms with Crippen molar-refractivity contribution in [3.05, 3.63) is 24.2 Å². The van der Waals surface area contributed by atoms with Gasteiger partial charge in [0.15, 0.2) is 6.26 Å². The largest absolute Gasteiger partial charge is 0.455 e. The van der Waals surface area contributed by atoms with E-state index in [2.05, 4.69) is 6.26 Å². The van der Waals surface area contributed by atoms with E-state index >= 15 is 0 Å². The Hall–Kier alpha value is -0.800. The quantitative estimate of drug-likeness (QED) is 0.627. The molecule has 0 aliphatic heterocycles. The van der Waals surface area contributed by atoms with Gasteiger partial charge < -0.3 is 15.3 Å². The molecular weight excluding hydrogens is 130 g/mol. The molecule has 55 valence electrons. The summed E-state index contributed by atoms with van der Waals surface area (Å²) in [5.74, 6) is 0.468. The molecule has 2 unspecified atom stereocenters. The molecule has 10 heavy (non-hydrogen) atoms. The third-order valence-electron chi connectivity index (χ3n) is 1.28. The maximum Gasteiger partial charge on any atom is 0.169 e. The molecule has 0 saturated heterocycles. The Morgan fingerprint density at radius 3 is 2.90 bits per heavy atom. The highest BCUT2D eigenvalue weighted by atomic mass is 16.4. The van der Waals surface area contributed by atoms with Crippen LogP contribution in [0.15, 0.2) is 16.5 Å². The average Bonchev–Trinajstić information content (AvgIpc) is 2.36. The molecule has 3 heteroatoms. The topological polar surface area (TPSA) is 59.4 Å². The Morgan fingerprint density at radius 2 is 2.50 bits per heavy atom. The van der Waals surface area contributed by atoms with Crippen molar-refractivity contribution in [1.82, 2.24) is 0 Å². The van der Waals surface area contributed by atoms with Crippen LogP contribution in [0.25, 0.3) is 0 Å². The number of furan rings is 1. The number of hydrogen-bond donors (Lipinski definition) is 2. The number of nitrogens with two attached hydrogens (primary N) is 1. The molecule has 0 fully saturated rings. The van der Waals surface area contributed by atoms with Crippen LogP contribution >= 0.6 is 0 Å². The van der Waals surface area contributed by atoms with Crippen molar-refractivity contribution in [3.63, 3.8) is 0 Å². The molecule has 0 saturated carbocycles. The third kappa shape index (κ3) is 1.37. The first-order valence-electron chi connectivity index (χ1n) is 3.11. The van der Waals surface area contributed by atoms with Gasteiger partial charge in [0, 0.05) is 6.04 Å². The Bertz CT molecular complexity index is 181. The fourth-order valence-corrected chi connectivity index (χ4v) is 0.670. The van der Waals surface area contributed by atoms with Crippen molar-refractivity contribution < 1.29 is 9.52 Å². The number of aliphatic hydroxyl groups is 1. The summed E-state index contributed by atoms with van der Waals surface area (Å²) in [6.45, 7) is 1.72. The van der Waals surface area contributed by atoms with E-state index in [9.17, 15) is 5.11 Å². The first kappa shape index (κ1) is 7.31. The Kier molecular flexibility index (Phi) is 2.09. The predicted octanol–water partition coefficient (Wildman–Crippen LogP) is 0.460. The summed E-state index contributed by atoms with van der Waals surface area (Å²) in [4.78, 5) is 0. The second kappa shape index (κ2) is 2.86. The van der Waals surface area contributed by atoms with Gasteiger partial charge in [-0.15, -0.1) is 0 Å². The first-order valence-corrected chi connectivity index (χ1v) is 3.11. The minimum Gasteiger partial charge on any atom is -0.455 e. The lowest BCUT2D eigenvalue weighted by Crippen LogP contribution is -2.23. The van der Waals surface area contributed by atoms with Crippen molar-refractivity contribution in [2.24, 2.45) is 5.73 Å². The molecule has 1 rings (SSSR count). The molecule has 0 spiro atoms. The van der Waals surface area contributed by atoms with Crippen LogP contribution in [0.3, 0.4) is 0 Å². The third-order valence-corrected chi connectivity index (χ3v) is 1.28. The summed E-state index contributed by atoms with van der Waals surface area (Å²) in [5, 5.41) is 9.25. The molecule has 3 N–H and O–H groups in total. The van der Waals surface area contributed by atoms with Crippen molar-refractivity contribution >= 4 is 0 Å². The molecular formula is C7H10NO2. The van der Waals surface area contributed by atoms with Gasteiger partial charge in [0.05, 0.1) is 0 Å². The van der Waals surface area contributed by atoms with Gasteiger partial charge in [-0.3, -0.25) is 0 Å². The summed E-state index contributed by atoms with van der Waals surface area (Å²) in [6, 6.07) is 2.94. The van der Waals surface area contributed by atoms with Crippen LogP contribution in [0.5, 0.6) is 0 Å². The van der Waals surface area contributed by atoms with Gasteiger partial charge in [-0.25, -0.2) is 0 Å². The number of aliphatic hydroxyl groups excluding tert-OH is 1. The smallest absolute Gasteiger partial charge is 0.169 e. The van der Waals surface area contributed by atoms with Crippen LogP contribution in [0.2, 0.25) is 0 Å². The highest BCUT2D eigenvalue weighted by molar-refractivity contribution is 5.02. The molecule has 1 aromatic rings. The van der Waals surface area contributed by atoms with Crippen molar-refractivity contribution in [1.29, 1.82) is 0 Å². The number of rotatable bonds is 2. The molecule has 0 aliphatic carbocycles. The Labute approximate surface area is 59.5 Å². The second-order valence-corrected chi connectivity index (χ2v) is 2.26. The molecule has 0 bridgehead atoms. The highest BCUT2D eigenvalue weighted by Gasteiger charge is 2.14. The summed E-state index contributed by atoms with van der Waals surface area (Å²) in [6.07, 6.45) is 1.76. The maximum atomic E-state index is 9.25. The minimum atomic E-state index is -0.716. The van der Waals surface area contributed by atoms with Crippen molar-refractivity contribution in [2.75, 3.05) is 0 Å². The molecule has 0 amide bonds. The standard InChI is InChI=1S/C7H10NO2/c1-5(8)7(9)6-3-2-4-10-6/h2-3,5,7,9H,8H2,1H3. The zero-order valence-corrected chi connectivity index (χ0v) is 5.74. The SMILES string of the molecule is CC(N)C(O)c1cc[c]o1. The van der Waals surface area contributed by atoms with E-state index in [0.29, 0.717) is 5.76 Å². The van der Waals surface area contributed by atoms with Gasteiger partial charge in [0.25, 0.3) is 0 Å². The summed E-state index contributed by atoms with van der Waals surface area (Å²) >= 11 is 0. The average molecular weight is 140 g/mol. The second-order valence-electron chi connectivity index (χ2n) is 2.26. The molecule has 0 aliphatic rings. The van der Waals surface area contributed by atoms with E-state index in [-0.39, 0.29) is 6.04 Å². The summed E-state index contributed by atoms with van der Waals surface area (Å²) in [5.41, 5.74) is 5.40. The molecule has 1 aromatic heterocycles. The van der Waals surface area contributed by atoms with Crippen molar-refractivity contribution in [2.45, 2.75) is 19.1 Å². The van der Waals surface area contributed by atoms with Crippen LogP contribution < -0.4 is 5.73 Å². The first-order chi connectivity index (χ1) is 4.72. The van der Waals surface area contributed by atoms with Crippen molar-refractivity contribution in [3.8, 4) is 0 Å². The number of hydrogen-bond acceptors (Lipinski definition) is 3. The lowest BCUT2D eigenvalue weighted by Gasteiger charge is -2.10. The van der Waals surface area contributed by atoms with Crippen LogP contribution in [0, 0.1) is 6.26 Å². The van der Waals surface area contributed by atoms with Gasteiger partial charge in [-0.1, -0.05) is 0 Å². The lowest BCUT2D eigenvalue weighted by atomic mass is 10.1. The maximum absolute atomic E-state index is 9.25. The zero-order chi connectivity index (χ0) is 7.56. The van der Waals surface area contributed by atoms with Gasteiger partial charge in [-0.05, 0) is 19.1 Å². The van der Waals surface area contributed by atoms with Crippen LogP contribution in [-0.4, -0.2) is 11.1 Å². The zero-order valence-electron chi connectivity index (χ0n) is 5.74. The van der Waals surface area contributed by atoms with E-state index in [1.807, 2.05) is 0 Å². The van der Waals surface area contributed by atoms with E-state index in [0.717, 1.165) is 0 Å². The minimum absolute atomic E-state index is 0.306. The molecule has 1 radical (unpaired) electrons. The van der Waals surface area contributed by atoms with E-state index in [1.165, 1.54) is 0 Å². The molecule has 2 atom stereocenters. The summed E-state index contributed by atoms with van der Waals surface area (Å²) in [7, 11) is 0. The highest BCUT2D eigenvalue weighted by Crippen LogP contribution is 2.14. The Morgan fingerprint density at radius 1 is 1.80 bits per heavy atom. The normalized spacial score (nSPS) is 16.7. The Balaban J connectivity index is 2.68. The lowest BCUT2D eigenvalue weighted by molar-refractivity contribution is 0.127. The molecule has 1 heterocycles. The van der Waals surface area contributed by atoms with E-state index in [1.54, 1.807) is 19.1 Å². The summed E-state index contributed by atoms with van der Waals surface area (Å²) < 4.78 is 4.80. The van der Waals surface area contributed by atoms with Gasteiger partial charge in [0.2, 0.25) is 0 Å². The molecule has 0 aromatic carbocycles. The fraction of sp³-hybridized carbons (Fsp3) is 0.429. The van der Waals surface area contributed by atoms with Gasteiger partial charge in [0.1, 0.15) is 11.9 Å². The van der Waals surface area contributed by atoms with Crippen LogP contribution in [-0.2, 0) is 0 Å². The van der Waals surface area contributed by atoms with Crippen LogP contribution in [0.4, 0.5) is 0 Å². The van der Waals surface area contributed by atoms with Gasteiger partial charge >= 0.3 is 0 Å².